The lowest BCUT2D eigenvalue weighted by Gasteiger charge is -2.58. The molecule has 0 aliphatic carbocycles. The molecule has 0 saturated heterocycles. The molecule has 28 heavy (non-hydrogen) atoms. The maximum Gasteiger partial charge on any atom is 0.0469 e. The predicted octanol–water partition coefficient (Wildman–Crippen LogP) is 7.94. The van der Waals surface area contributed by atoms with Crippen LogP contribution in [0.4, 0.5) is 0 Å². The number of rotatable bonds is 2. The van der Waals surface area contributed by atoms with Gasteiger partial charge in [-0.1, -0.05) is 113 Å². The standard InChI is InChI=1S/C25H48Si3/c1-23(2,3)19-15-21(24(4,5)6)20-17-28(26(9,10)11,27(12,13)14)18-25(7,8)22(20)16-19/h15-16H,17-18H2,1-14H3. The van der Waals surface area contributed by atoms with Gasteiger partial charge in [-0.05, 0) is 44.5 Å². The van der Waals surface area contributed by atoms with E-state index in [2.05, 4.69) is 107 Å². The Hall–Kier alpha value is -0.129. The van der Waals surface area contributed by atoms with Crippen molar-refractivity contribution in [1.29, 1.82) is 0 Å². The van der Waals surface area contributed by atoms with Crippen molar-refractivity contribution in [3.05, 3.63) is 34.4 Å². The van der Waals surface area contributed by atoms with Gasteiger partial charge in [-0.25, -0.2) is 0 Å². The van der Waals surface area contributed by atoms with E-state index < -0.39 is 22.3 Å². The van der Waals surface area contributed by atoms with Gasteiger partial charge in [0.25, 0.3) is 0 Å². The van der Waals surface area contributed by atoms with Crippen LogP contribution in [0.3, 0.4) is 0 Å². The van der Waals surface area contributed by atoms with Gasteiger partial charge in [-0.15, -0.1) is 0 Å². The Bertz CT molecular complexity index is 713. The van der Waals surface area contributed by atoms with Crippen LogP contribution in [0.15, 0.2) is 12.1 Å². The Kier molecular flexibility index (Phi) is 5.76. The number of benzene rings is 1. The van der Waals surface area contributed by atoms with Gasteiger partial charge >= 0.3 is 0 Å². The monoisotopic (exact) mass is 432 g/mol. The first-order chi connectivity index (χ1) is 12.1. The summed E-state index contributed by atoms with van der Waals surface area (Å²) in [4.78, 5) is 0. The summed E-state index contributed by atoms with van der Waals surface area (Å²) in [7, 11) is -3.83. The molecule has 0 saturated carbocycles. The first kappa shape index (κ1) is 24.1. The Balaban J connectivity index is 2.93. The van der Waals surface area contributed by atoms with E-state index in [0.717, 1.165) is 0 Å². The second kappa shape index (κ2) is 6.68. The Morgan fingerprint density at radius 2 is 1.25 bits per heavy atom. The van der Waals surface area contributed by atoms with E-state index in [1.165, 1.54) is 17.7 Å². The third-order valence-electron chi connectivity index (χ3n) is 7.75. The zero-order valence-corrected chi connectivity index (χ0v) is 24.6. The average Bonchev–Trinajstić information content (AvgIpc) is 2.40. The third kappa shape index (κ3) is 4.05. The highest BCUT2D eigenvalue weighted by Crippen LogP contribution is 2.51. The summed E-state index contributed by atoms with van der Waals surface area (Å²) in [5, 5.41) is 0. The van der Waals surface area contributed by atoms with Crippen LogP contribution in [0.2, 0.25) is 45.3 Å². The van der Waals surface area contributed by atoms with E-state index in [0.29, 0.717) is 5.41 Å². The van der Waals surface area contributed by atoms with Crippen molar-refractivity contribution in [2.24, 2.45) is 0 Å². The lowest BCUT2D eigenvalue weighted by Crippen LogP contribution is -2.75. The minimum Gasteiger partial charge on any atom is -0.0716 e. The van der Waals surface area contributed by atoms with Crippen molar-refractivity contribution < 1.29 is 0 Å². The fraction of sp³-hybridized carbons (Fsp3) is 0.760. The van der Waals surface area contributed by atoms with Gasteiger partial charge in [0, 0.05) is 22.3 Å². The van der Waals surface area contributed by atoms with Crippen molar-refractivity contribution >= 4 is 22.3 Å². The molecule has 1 heterocycles. The molecule has 3 heteroatoms. The van der Waals surface area contributed by atoms with E-state index in [1.807, 2.05) is 0 Å². The molecule has 0 aromatic heterocycles. The minimum atomic E-state index is -1.37. The number of fused-ring (bicyclic) bond motifs is 1. The van der Waals surface area contributed by atoms with Gasteiger partial charge in [-0.2, -0.15) is 0 Å². The summed E-state index contributed by atoms with van der Waals surface area (Å²) in [6.07, 6.45) is 0. The van der Waals surface area contributed by atoms with Gasteiger partial charge in [0.15, 0.2) is 0 Å². The van der Waals surface area contributed by atoms with Crippen LogP contribution in [0.1, 0.15) is 77.6 Å². The van der Waals surface area contributed by atoms with Crippen LogP contribution in [0.5, 0.6) is 0 Å². The highest BCUT2D eigenvalue weighted by Gasteiger charge is 2.59. The van der Waals surface area contributed by atoms with Gasteiger partial charge in [-0.3, -0.25) is 0 Å². The maximum atomic E-state index is 2.71. The molecule has 0 nitrogen and oxygen atoms in total. The fourth-order valence-electron chi connectivity index (χ4n) is 5.97. The number of hydrogen-bond donors (Lipinski definition) is 0. The zero-order chi connectivity index (χ0) is 22.1. The lowest BCUT2D eigenvalue weighted by atomic mass is 9.72. The molecule has 1 aromatic carbocycles. The summed E-state index contributed by atoms with van der Waals surface area (Å²) < 4.78 is 0. The van der Waals surface area contributed by atoms with E-state index in [4.69, 9.17) is 0 Å². The van der Waals surface area contributed by atoms with Crippen LogP contribution in [0.25, 0.3) is 0 Å². The molecule has 0 N–H and O–H groups in total. The Morgan fingerprint density at radius 3 is 1.61 bits per heavy atom. The summed E-state index contributed by atoms with van der Waals surface area (Å²) in [5.74, 6) is 0. The predicted molar refractivity (Wildman–Crippen MR) is 138 cm³/mol. The lowest BCUT2D eigenvalue weighted by molar-refractivity contribution is 0.530. The maximum absolute atomic E-state index is 2.71. The Morgan fingerprint density at radius 1 is 0.786 bits per heavy atom. The minimum absolute atomic E-state index is 0.203. The van der Waals surface area contributed by atoms with Gasteiger partial charge < -0.3 is 0 Å². The van der Waals surface area contributed by atoms with Crippen molar-refractivity contribution in [3.63, 3.8) is 0 Å². The van der Waals surface area contributed by atoms with Gasteiger partial charge in [0.05, 0.1) is 0 Å². The zero-order valence-electron chi connectivity index (χ0n) is 21.6. The topological polar surface area (TPSA) is 0 Å². The van der Waals surface area contributed by atoms with Crippen molar-refractivity contribution in [3.8, 4) is 0 Å². The second-order valence-electron chi connectivity index (χ2n) is 14.4. The SMILES string of the molecule is CC(C)(C)c1cc(C(C)(C)C)c2c(c1)C(C)(C)C[Si]([Si](C)(C)C)([Si](C)(C)C)C2. The molecule has 0 spiro atoms. The van der Waals surface area contributed by atoms with E-state index in [9.17, 15) is 0 Å². The molecule has 0 amide bonds. The van der Waals surface area contributed by atoms with Crippen molar-refractivity contribution in [2.75, 3.05) is 0 Å². The molecule has 0 radical (unpaired) electrons. The van der Waals surface area contributed by atoms with Crippen molar-refractivity contribution in [1.82, 2.24) is 0 Å². The van der Waals surface area contributed by atoms with Crippen LogP contribution in [-0.2, 0) is 22.3 Å². The largest absolute Gasteiger partial charge is 0.0716 e. The summed E-state index contributed by atoms with van der Waals surface area (Å²) in [6, 6.07) is 8.16. The summed E-state index contributed by atoms with van der Waals surface area (Å²) in [6.45, 7) is 35.8. The van der Waals surface area contributed by atoms with Crippen LogP contribution < -0.4 is 0 Å². The second-order valence-corrected chi connectivity index (χ2v) is 42.5. The van der Waals surface area contributed by atoms with Crippen LogP contribution in [0, 0.1) is 0 Å². The van der Waals surface area contributed by atoms with Gasteiger partial charge in [0.1, 0.15) is 0 Å². The van der Waals surface area contributed by atoms with E-state index >= 15 is 0 Å². The molecule has 0 bridgehead atoms. The molecule has 160 valence electrons. The van der Waals surface area contributed by atoms with E-state index in [-0.39, 0.29) is 10.8 Å². The fourth-order valence-corrected chi connectivity index (χ4v) is 50.2. The molecular weight excluding hydrogens is 385 g/mol. The highest BCUT2D eigenvalue weighted by atomic mass is 29.6. The van der Waals surface area contributed by atoms with Crippen molar-refractivity contribution in [2.45, 2.75) is 123 Å². The molecular formula is C25H48Si3. The molecule has 1 aromatic rings. The molecule has 0 fully saturated rings. The highest BCUT2D eigenvalue weighted by molar-refractivity contribution is 7.68. The third-order valence-corrected chi connectivity index (χ3v) is 48.8. The molecule has 0 unspecified atom stereocenters. The first-order valence-electron chi connectivity index (χ1n) is 11.3. The first-order valence-corrected chi connectivity index (χ1v) is 22.7. The molecule has 2 rings (SSSR count). The summed E-state index contributed by atoms with van der Waals surface area (Å²) >= 11 is 0. The molecule has 0 atom stereocenters. The number of hydrogen-bond acceptors (Lipinski definition) is 0. The van der Waals surface area contributed by atoms with Gasteiger partial charge in [0.2, 0.25) is 0 Å². The van der Waals surface area contributed by atoms with E-state index in [1.54, 1.807) is 16.7 Å². The van der Waals surface area contributed by atoms with Crippen LogP contribution >= 0.6 is 0 Å². The summed E-state index contributed by atoms with van der Waals surface area (Å²) in [5.41, 5.74) is 7.35. The molecule has 1 aliphatic heterocycles. The van der Waals surface area contributed by atoms with Crippen LogP contribution in [-0.4, -0.2) is 22.3 Å². The average molecular weight is 433 g/mol. The normalized spacial score (nSPS) is 20.1. The molecule has 1 aliphatic rings. The quantitative estimate of drug-likeness (QED) is 0.416. The Labute approximate surface area is 179 Å². The smallest absolute Gasteiger partial charge is 0.0469 e.